The van der Waals surface area contributed by atoms with E-state index in [9.17, 15) is 10.2 Å². The maximum atomic E-state index is 9.84. The third-order valence-corrected chi connectivity index (χ3v) is 1.92. The molecule has 0 unspecified atom stereocenters. The highest BCUT2D eigenvalue weighted by Crippen LogP contribution is 2.36. The molecule has 0 bridgehead atoms. The molecule has 1 aromatic carbocycles. The zero-order chi connectivity index (χ0) is 10.8. The van der Waals surface area contributed by atoms with Crippen LogP contribution < -0.4 is 4.74 Å². The van der Waals surface area contributed by atoms with Crippen molar-refractivity contribution in [3.63, 3.8) is 0 Å². The van der Waals surface area contributed by atoms with Crippen LogP contribution in [-0.2, 0) is 5.60 Å². The first-order valence-corrected chi connectivity index (χ1v) is 4.64. The van der Waals surface area contributed by atoms with E-state index in [0.29, 0.717) is 17.9 Å². The van der Waals surface area contributed by atoms with Crippen molar-refractivity contribution in [3.8, 4) is 11.5 Å². The molecular weight excluding hydrogens is 180 g/mol. The third-order valence-electron chi connectivity index (χ3n) is 1.92. The molecule has 0 atom stereocenters. The molecule has 0 saturated heterocycles. The topological polar surface area (TPSA) is 49.7 Å². The number of aliphatic hydroxyl groups is 1. The smallest absolute Gasteiger partial charge is 0.129 e. The number of hydrogen-bond acceptors (Lipinski definition) is 3. The van der Waals surface area contributed by atoms with Crippen LogP contribution in [0.5, 0.6) is 11.5 Å². The van der Waals surface area contributed by atoms with E-state index < -0.39 is 5.60 Å². The second-order valence-corrected chi connectivity index (χ2v) is 3.64. The van der Waals surface area contributed by atoms with Gasteiger partial charge >= 0.3 is 0 Å². The Labute approximate surface area is 84.0 Å². The van der Waals surface area contributed by atoms with Gasteiger partial charge in [0.05, 0.1) is 17.8 Å². The van der Waals surface area contributed by atoms with Gasteiger partial charge in [0.1, 0.15) is 11.5 Å². The zero-order valence-corrected chi connectivity index (χ0v) is 8.74. The molecule has 1 aromatic rings. The van der Waals surface area contributed by atoms with Crippen LogP contribution in [0, 0.1) is 0 Å². The number of phenolic OH excluding ortho intramolecular Hbond substituents is 1. The number of benzene rings is 1. The highest BCUT2D eigenvalue weighted by molar-refractivity contribution is 5.47. The lowest BCUT2D eigenvalue weighted by Gasteiger charge is -2.22. The summed E-state index contributed by atoms with van der Waals surface area (Å²) in [6.45, 7) is 5.60. The lowest BCUT2D eigenvalue weighted by atomic mass is 9.96. The van der Waals surface area contributed by atoms with Gasteiger partial charge in [-0.15, -0.1) is 0 Å². The van der Waals surface area contributed by atoms with Gasteiger partial charge in [-0.1, -0.05) is 6.07 Å². The predicted octanol–water partition coefficient (Wildman–Crippen LogP) is 2.02. The van der Waals surface area contributed by atoms with E-state index in [2.05, 4.69) is 0 Å². The monoisotopic (exact) mass is 196 g/mol. The van der Waals surface area contributed by atoms with Crippen molar-refractivity contribution in [2.45, 2.75) is 26.4 Å². The molecule has 0 heterocycles. The van der Waals surface area contributed by atoms with Crippen molar-refractivity contribution in [1.82, 2.24) is 0 Å². The normalized spacial score (nSPS) is 11.4. The fourth-order valence-electron chi connectivity index (χ4n) is 1.41. The van der Waals surface area contributed by atoms with E-state index >= 15 is 0 Å². The highest BCUT2D eigenvalue weighted by Gasteiger charge is 2.24. The number of phenols is 1. The summed E-state index contributed by atoms with van der Waals surface area (Å²) in [5, 5.41) is 19.5. The zero-order valence-electron chi connectivity index (χ0n) is 8.74. The number of rotatable bonds is 3. The van der Waals surface area contributed by atoms with Crippen LogP contribution in [0.1, 0.15) is 26.3 Å². The molecule has 2 N–H and O–H groups in total. The third kappa shape index (κ3) is 2.17. The summed E-state index contributed by atoms with van der Waals surface area (Å²) in [7, 11) is 0. The van der Waals surface area contributed by atoms with E-state index in [1.165, 1.54) is 6.07 Å². The van der Waals surface area contributed by atoms with Crippen molar-refractivity contribution in [2.75, 3.05) is 6.61 Å². The van der Waals surface area contributed by atoms with E-state index in [1.807, 2.05) is 6.92 Å². The molecule has 0 aliphatic carbocycles. The van der Waals surface area contributed by atoms with E-state index in [0.717, 1.165) is 0 Å². The molecule has 0 spiro atoms. The van der Waals surface area contributed by atoms with Crippen molar-refractivity contribution in [1.29, 1.82) is 0 Å². The van der Waals surface area contributed by atoms with Gasteiger partial charge in [-0.25, -0.2) is 0 Å². The van der Waals surface area contributed by atoms with Gasteiger partial charge in [0, 0.05) is 0 Å². The Kier molecular flexibility index (Phi) is 3.01. The standard InChI is InChI=1S/C11H16O3/c1-4-14-9-7-5-6-8(12)10(9)11(2,3)13/h5-7,12-13H,4H2,1-3H3. The van der Waals surface area contributed by atoms with Gasteiger partial charge in [-0.3, -0.25) is 0 Å². The number of hydrogen-bond donors (Lipinski definition) is 2. The molecule has 0 fully saturated rings. The molecule has 0 aliphatic heterocycles. The molecule has 78 valence electrons. The Morgan fingerprint density at radius 3 is 2.50 bits per heavy atom. The van der Waals surface area contributed by atoms with Gasteiger partial charge in [0.2, 0.25) is 0 Å². The van der Waals surface area contributed by atoms with Crippen LogP contribution >= 0.6 is 0 Å². The summed E-state index contributed by atoms with van der Waals surface area (Å²) in [4.78, 5) is 0. The molecule has 3 heteroatoms. The van der Waals surface area contributed by atoms with Crippen LogP contribution in [0.2, 0.25) is 0 Å². The van der Waals surface area contributed by atoms with Gasteiger partial charge < -0.3 is 14.9 Å². The summed E-state index contributed by atoms with van der Waals surface area (Å²) in [5.41, 5.74) is -0.669. The number of aromatic hydroxyl groups is 1. The van der Waals surface area contributed by atoms with Crippen molar-refractivity contribution in [3.05, 3.63) is 23.8 Å². The summed E-state index contributed by atoms with van der Waals surface area (Å²) in [6, 6.07) is 4.96. The highest BCUT2D eigenvalue weighted by atomic mass is 16.5. The summed E-state index contributed by atoms with van der Waals surface area (Å²) in [5.74, 6) is 0.587. The minimum atomic E-state index is -1.10. The molecule has 0 amide bonds. The maximum Gasteiger partial charge on any atom is 0.129 e. The first-order valence-electron chi connectivity index (χ1n) is 4.64. The minimum absolute atomic E-state index is 0.0588. The Morgan fingerprint density at radius 2 is 2.00 bits per heavy atom. The summed E-state index contributed by atoms with van der Waals surface area (Å²) in [6.07, 6.45) is 0. The Morgan fingerprint density at radius 1 is 1.36 bits per heavy atom. The summed E-state index contributed by atoms with van der Waals surface area (Å²) < 4.78 is 5.32. The van der Waals surface area contributed by atoms with Gasteiger partial charge in [-0.05, 0) is 32.9 Å². The SMILES string of the molecule is CCOc1cccc(O)c1C(C)(C)O. The minimum Gasteiger partial charge on any atom is -0.507 e. The molecule has 14 heavy (non-hydrogen) atoms. The Balaban J connectivity index is 3.22. The predicted molar refractivity (Wildman–Crippen MR) is 54.5 cm³/mol. The largest absolute Gasteiger partial charge is 0.507 e. The molecule has 0 aliphatic rings. The molecule has 1 rings (SSSR count). The average molecular weight is 196 g/mol. The molecular formula is C11H16O3. The van der Waals surface area contributed by atoms with Crippen molar-refractivity contribution in [2.24, 2.45) is 0 Å². The fourth-order valence-corrected chi connectivity index (χ4v) is 1.41. The van der Waals surface area contributed by atoms with Gasteiger partial charge in [0.15, 0.2) is 0 Å². The van der Waals surface area contributed by atoms with Crippen LogP contribution in [0.3, 0.4) is 0 Å². The maximum absolute atomic E-state index is 9.84. The number of ether oxygens (including phenoxy) is 1. The van der Waals surface area contributed by atoms with E-state index in [1.54, 1.807) is 26.0 Å². The van der Waals surface area contributed by atoms with Crippen LogP contribution in [0.4, 0.5) is 0 Å². The second-order valence-electron chi connectivity index (χ2n) is 3.64. The molecule has 0 saturated carbocycles. The second kappa shape index (κ2) is 3.88. The summed E-state index contributed by atoms with van der Waals surface area (Å²) >= 11 is 0. The van der Waals surface area contributed by atoms with Gasteiger partial charge in [0.25, 0.3) is 0 Å². The molecule has 3 nitrogen and oxygen atoms in total. The van der Waals surface area contributed by atoms with Crippen LogP contribution in [0.25, 0.3) is 0 Å². The Hall–Kier alpha value is -1.22. The molecule has 0 radical (unpaired) electrons. The fraction of sp³-hybridized carbons (Fsp3) is 0.455. The lowest BCUT2D eigenvalue weighted by molar-refractivity contribution is 0.0721. The van der Waals surface area contributed by atoms with Crippen molar-refractivity contribution < 1.29 is 14.9 Å². The van der Waals surface area contributed by atoms with E-state index in [-0.39, 0.29) is 5.75 Å². The average Bonchev–Trinajstić information content (AvgIpc) is 2.02. The lowest BCUT2D eigenvalue weighted by Crippen LogP contribution is -2.17. The van der Waals surface area contributed by atoms with Crippen LogP contribution in [-0.4, -0.2) is 16.8 Å². The Bertz CT molecular complexity index is 313. The van der Waals surface area contributed by atoms with E-state index in [4.69, 9.17) is 4.74 Å². The van der Waals surface area contributed by atoms with Gasteiger partial charge in [-0.2, -0.15) is 0 Å². The molecule has 0 aromatic heterocycles. The van der Waals surface area contributed by atoms with Crippen LogP contribution in [0.15, 0.2) is 18.2 Å². The quantitative estimate of drug-likeness (QED) is 0.777. The first-order chi connectivity index (χ1) is 6.46. The first kappa shape index (κ1) is 10.9. The van der Waals surface area contributed by atoms with Crippen molar-refractivity contribution >= 4 is 0 Å².